The normalized spacial score (nSPS) is 10.9. The van der Waals surface area contributed by atoms with Crippen LogP contribution >= 0.6 is 31.9 Å². The van der Waals surface area contributed by atoms with E-state index in [-0.39, 0.29) is 5.57 Å². The highest BCUT2D eigenvalue weighted by Gasteiger charge is 2.14. The molecule has 160 valence electrons. The van der Waals surface area contributed by atoms with E-state index in [4.69, 9.17) is 4.74 Å². The lowest BCUT2D eigenvalue weighted by Gasteiger charge is -2.10. The molecule has 7 heteroatoms. The maximum absolute atomic E-state index is 12.6. The second-order valence-electron chi connectivity index (χ2n) is 7.05. The van der Waals surface area contributed by atoms with Crippen LogP contribution < -0.4 is 10.1 Å². The van der Waals surface area contributed by atoms with E-state index in [2.05, 4.69) is 37.2 Å². The molecule has 3 aromatic carbocycles. The average Bonchev–Trinajstić information content (AvgIpc) is 2.76. The molecule has 0 aliphatic rings. The van der Waals surface area contributed by atoms with Crippen molar-refractivity contribution in [2.24, 2.45) is 0 Å². The zero-order chi connectivity index (χ0) is 23.3. The van der Waals surface area contributed by atoms with E-state index in [0.717, 1.165) is 11.1 Å². The summed E-state index contributed by atoms with van der Waals surface area (Å²) in [6.45, 7) is 3.87. The van der Waals surface area contributed by atoms with Crippen LogP contribution in [0.2, 0.25) is 0 Å². The summed E-state index contributed by atoms with van der Waals surface area (Å²) in [5, 5.41) is 12.2. The molecule has 5 nitrogen and oxygen atoms in total. The summed E-state index contributed by atoms with van der Waals surface area (Å²) in [5.74, 6) is -0.629. The molecule has 0 radical (unpaired) electrons. The van der Waals surface area contributed by atoms with Crippen molar-refractivity contribution in [1.29, 1.82) is 5.26 Å². The number of nitriles is 1. The average molecular weight is 554 g/mol. The van der Waals surface area contributed by atoms with Gasteiger partial charge in [-0.1, -0.05) is 29.8 Å². The van der Waals surface area contributed by atoms with Gasteiger partial charge in [0.1, 0.15) is 17.4 Å². The van der Waals surface area contributed by atoms with E-state index in [1.165, 1.54) is 6.08 Å². The fraction of sp³-hybridized carbons (Fsp3) is 0.0800. The van der Waals surface area contributed by atoms with Gasteiger partial charge in [0.15, 0.2) is 0 Å². The van der Waals surface area contributed by atoms with Gasteiger partial charge in [-0.05, 0) is 99.3 Å². The Morgan fingerprint density at radius 1 is 0.938 bits per heavy atom. The lowest BCUT2D eigenvalue weighted by Crippen LogP contribution is -2.14. The molecule has 0 bridgehead atoms. The molecule has 0 unspecified atom stereocenters. The molecule has 32 heavy (non-hydrogen) atoms. The monoisotopic (exact) mass is 552 g/mol. The fourth-order valence-electron chi connectivity index (χ4n) is 2.80. The minimum atomic E-state index is -0.535. The van der Waals surface area contributed by atoms with Gasteiger partial charge in [-0.3, -0.25) is 4.79 Å². The maximum Gasteiger partial charge on any atom is 0.343 e. The van der Waals surface area contributed by atoms with Gasteiger partial charge in [0.2, 0.25) is 0 Å². The van der Waals surface area contributed by atoms with Crippen LogP contribution in [-0.2, 0) is 4.79 Å². The zero-order valence-corrected chi connectivity index (χ0v) is 20.5. The van der Waals surface area contributed by atoms with Gasteiger partial charge in [-0.25, -0.2) is 4.79 Å². The van der Waals surface area contributed by atoms with E-state index in [1.807, 2.05) is 44.2 Å². The van der Waals surface area contributed by atoms with E-state index < -0.39 is 11.9 Å². The third-order valence-corrected chi connectivity index (χ3v) is 5.73. The first kappa shape index (κ1) is 23.5. The number of nitrogens with zero attached hydrogens (tertiary/aromatic N) is 1. The standard InChI is InChI=1S/C25H18Br2N2O3/c1-15-3-7-18(8-4-15)25(31)32-20-9-5-17(6-10-20)13-19(14-28)24(30)29-23-21(26)11-16(2)12-22(23)27/h3-13H,1-2H3,(H,29,30)/b19-13+. The van der Waals surface area contributed by atoms with Gasteiger partial charge < -0.3 is 10.1 Å². The summed E-state index contributed by atoms with van der Waals surface area (Å²) >= 11 is 6.85. The van der Waals surface area contributed by atoms with Crippen LogP contribution in [0.3, 0.4) is 0 Å². The number of ether oxygens (including phenoxy) is 1. The smallest absolute Gasteiger partial charge is 0.343 e. The number of anilines is 1. The molecule has 0 fully saturated rings. The minimum absolute atomic E-state index is 0.0613. The van der Waals surface area contributed by atoms with Crippen molar-refractivity contribution in [3.8, 4) is 11.8 Å². The van der Waals surface area contributed by atoms with Crippen LogP contribution in [-0.4, -0.2) is 11.9 Å². The minimum Gasteiger partial charge on any atom is -0.423 e. The Kier molecular flexibility index (Phi) is 7.62. The maximum atomic E-state index is 12.6. The van der Waals surface area contributed by atoms with Gasteiger partial charge in [0.05, 0.1) is 11.3 Å². The summed E-state index contributed by atoms with van der Waals surface area (Å²) in [6, 6.07) is 19.3. The molecule has 0 saturated carbocycles. The number of hydrogen-bond acceptors (Lipinski definition) is 4. The van der Waals surface area contributed by atoms with Crippen molar-refractivity contribution in [3.05, 3.63) is 97.4 Å². The Labute approximate surface area is 203 Å². The summed E-state index contributed by atoms with van der Waals surface area (Å²) in [6.07, 6.45) is 1.47. The van der Waals surface area contributed by atoms with E-state index in [9.17, 15) is 14.9 Å². The summed E-state index contributed by atoms with van der Waals surface area (Å²) < 4.78 is 6.78. The Morgan fingerprint density at radius 2 is 1.53 bits per heavy atom. The molecule has 3 rings (SSSR count). The largest absolute Gasteiger partial charge is 0.423 e. The number of esters is 1. The van der Waals surface area contributed by atoms with Gasteiger partial charge in [0.25, 0.3) is 5.91 Å². The molecular formula is C25H18Br2N2O3. The first-order valence-corrected chi connectivity index (χ1v) is 11.1. The highest BCUT2D eigenvalue weighted by atomic mass is 79.9. The molecule has 0 aliphatic carbocycles. The number of nitrogens with one attached hydrogen (secondary N) is 1. The molecule has 0 heterocycles. The van der Waals surface area contributed by atoms with E-state index in [1.54, 1.807) is 36.4 Å². The second kappa shape index (κ2) is 10.4. The van der Waals surface area contributed by atoms with Crippen LogP contribution in [0.4, 0.5) is 5.69 Å². The molecule has 0 saturated heterocycles. The first-order valence-electron chi connectivity index (χ1n) is 9.54. The Morgan fingerprint density at radius 3 is 2.09 bits per heavy atom. The van der Waals surface area contributed by atoms with Gasteiger partial charge in [-0.2, -0.15) is 5.26 Å². The number of rotatable bonds is 5. The van der Waals surface area contributed by atoms with Crippen LogP contribution in [0.5, 0.6) is 5.75 Å². The fourth-order valence-corrected chi connectivity index (χ4v) is 4.42. The SMILES string of the molecule is Cc1ccc(C(=O)Oc2ccc(/C=C(\C#N)C(=O)Nc3c(Br)cc(C)cc3Br)cc2)cc1. The number of benzene rings is 3. The molecular weight excluding hydrogens is 536 g/mol. The number of carbonyl (C=O) groups excluding carboxylic acids is 2. The summed E-state index contributed by atoms with van der Waals surface area (Å²) in [4.78, 5) is 24.9. The molecule has 0 aromatic heterocycles. The predicted octanol–water partition coefficient (Wildman–Crippen LogP) is 6.59. The predicted molar refractivity (Wildman–Crippen MR) is 131 cm³/mol. The van der Waals surface area contributed by atoms with Crippen LogP contribution in [0.25, 0.3) is 6.08 Å². The highest BCUT2D eigenvalue weighted by molar-refractivity contribution is 9.11. The van der Waals surface area contributed by atoms with Crippen molar-refractivity contribution >= 4 is 55.5 Å². The molecule has 1 amide bonds. The van der Waals surface area contributed by atoms with Crippen LogP contribution in [0.15, 0.2) is 75.2 Å². The van der Waals surface area contributed by atoms with Gasteiger partial charge in [0, 0.05) is 8.95 Å². The Bertz CT molecular complexity index is 1220. The summed E-state index contributed by atoms with van der Waals surface area (Å²) in [7, 11) is 0. The number of halogens is 2. The topological polar surface area (TPSA) is 79.2 Å². The van der Waals surface area contributed by atoms with Crippen molar-refractivity contribution in [1.82, 2.24) is 0 Å². The van der Waals surface area contributed by atoms with Crippen molar-refractivity contribution in [3.63, 3.8) is 0 Å². The van der Waals surface area contributed by atoms with Crippen LogP contribution in [0, 0.1) is 25.2 Å². The number of hydrogen-bond donors (Lipinski definition) is 1. The second-order valence-corrected chi connectivity index (χ2v) is 8.76. The Hall–Kier alpha value is -3.21. The zero-order valence-electron chi connectivity index (χ0n) is 17.3. The molecule has 3 aromatic rings. The lowest BCUT2D eigenvalue weighted by molar-refractivity contribution is -0.112. The number of carbonyl (C=O) groups is 2. The molecule has 0 aliphatic heterocycles. The highest BCUT2D eigenvalue weighted by Crippen LogP contribution is 2.32. The third kappa shape index (κ3) is 5.94. The van der Waals surface area contributed by atoms with Crippen molar-refractivity contribution in [2.45, 2.75) is 13.8 Å². The quantitative estimate of drug-likeness (QED) is 0.167. The van der Waals surface area contributed by atoms with E-state index in [0.29, 0.717) is 31.5 Å². The van der Waals surface area contributed by atoms with Crippen LogP contribution in [0.1, 0.15) is 27.0 Å². The van der Waals surface area contributed by atoms with Gasteiger partial charge >= 0.3 is 5.97 Å². The van der Waals surface area contributed by atoms with Crippen molar-refractivity contribution < 1.29 is 14.3 Å². The summed E-state index contributed by atoms with van der Waals surface area (Å²) in [5.41, 5.74) is 3.62. The van der Waals surface area contributed by atoms with Crippen molar-refractivity contribution in [2.75, 3.05) is 5.32 Å². The third-order valence-electron chi connectivity index (χ3n) is 4.48. The number of amides is 1. The lowest BCUT2D eigenvalue weighted by atomic mass is 10.1. The van der Waals surface area contributed by atoms with Gasteiger partial charge in [-0.15, -0.1) is 0 Å². The Balaban J connectivity index is 1.72. The first-order chi connectivity index (χ1) is 15.3. The molecule has 1 N–H and O–H groups in total. The molecule has 0 spiro atoms. The van der Waals surface area contributed by atoms with E-state index >= 15 is 0 Å². The molecule has 0 atom stereocenters. The number of aryl methyl sites for hydroxylation is 2.